The molecule has 1 saturated carbocycles. The van der Waals surface area contributed by atoms with E-state index in [2.05, 4.69) is 69.4 Å². The maximum atomic E-state index is 13.9. The van der Waals surface area contributed by atoms with Crippen LogP contribution in [0, 0.1) is 19.4 Å². The molecular formula is C37H44F3N7O2. The number of benzene rings is 2. The van der Waals surface area contributed by atoms with E-state index in [1.54, 1.807) is 0 Å². The quantitative estimate of drug-likeness (QED) is 0.191. The van der Waals surface area contributed by atoms with Crippen molar-refractivity contribution >= 4 is 28.2 Å². The highest BCUT2D eigenvalue weighted by molar-refractivity contribution is 5.97. The van der Waals surface area contributed by atoms with Gasteiger partial charge in [0.2, 0.25) is 12.5 Å². The number of hydrogen-bond acceptors (Lipinski definition) is 7. The Hall–Kier alpha value is -4.37. The third-order valence-corrected chi connectivity index (χ3v) is 10.6. The molecule has 3 atom stereocenters. The maximum absolute atomic E-state index is 13.9. The molecule has 2 fully saturated rings. The molecule has 6 rings (SSSR count). The van der Waals surface area contributed by atoms with Crippen LogP contribution < -0.4 is 14.5 Å². The summed E-state index contributed by atoms with van der Waals surface area (Å²) in [4.78, 5) is 33.8. The first-order chi connectivity index (χ1) is 23.4. The molecule has 12 heteroatoms. The smallest absolute Gasteiger partial charge is 0.318 e. The highest BCUT2D eigenvalue weighted by Gasteiger charge is 2.48. The van der Waals surface area contributed by atoms with Crippen LogP contribution in [0.1, 0.15) is 43.5 Å². The van der Waals surface area contributed by atoms with Crippen LogP contribution in [0.4, 0.5) is 24.7 Å². The van der Waals surface area contributed by atoms with E-state index in [4.69, 9.17) is 21.3 Å². The summed E-state index contributed by atoms with van der Waals surface area (Å²) in [5, 5.41) is 2.37. The number of fused-ring (bicyclic) bond motifs is 2. The third-order valence-electron chi connectivity index (χ3n) is 10.6. The van der Waals surface area contributed by atoms with E-state index in [1.807, 2.05) is 20.9 Å². The summed E-state index contributed by atoms with van der Waals surface area (Å²) < 4.78 is 47.3. The van der Waals surface area contributed by atoms with Crippen molar-refractivity contribution in [3.05, 3.63) is 77.0 Å². The van der Waals surface area contributed by atoms with Gasteiger partial charge in [-0.3, -0.25) is 9.69 Å². The first-order valence-corrected chi connectivity index (χ1v) is 17.0. The lowest BCUT2D eigenvalue weighted by atomic mass is 9.76. The summed E-state index contributed by atoms with van der Waals surface area (Å²) in [7, 11) is 1.93. The number of alkyl halides is 2. The summed E-state index contributed by atoms with van der Waals surface area (Å²) in [6.07, 6.45) is 0.482. The van der Waals surface area contributed by atoms with E-state index in [0.29, 0.717) is 31.9 Å². The molecule has 2 aromatic carbocycles. The van der Waals surface area contributed by atoms with Gasteiger partial charge in [-0.05, 0) is 57.2 Å². The Balaban J connectivity index is 1.29. The normalized spacial score (nSPS) is 20.4. The van der Waals surface area contributed by atoms with Crippen molar-refractivity contribution in [2.45, 2.75) is 70.6 Å². The minimum Gasteiger partial charge on any atom is -0.462 e. The summed E-state index contributed by atoms with van der Waals surface area (Å²) in [5.41, 5.74) is 4.14. The molecule has 49 heavy (non-hydrogen) atoms. The standard InChI is InChI=1S/C37H44F3N7O2/c1-23-9-7-10-27-11-8-12-32(33(23)27)45-14-13-30-31(21-45)42-36(49-22-24(2)44(6)26(4)28-17-37(39,40)18-28)43-34(30)46-15-16-47(35(48)25(3)38)29(20-46)19-41-5/h7-12,24,26,28-29H,3,13-22H2,1-2,4,6H3/t24-,26-,29-/m0/s1. The number of nitrogens with zero attached hydrogens (tertiary/aromatic N) is 7. The molecule has 2 aliphatic heterocycles. The average molecular weight is 676 g/mol. The fraction of sp³-hybridized carbons (Fsp3) is 0.514. The molecule has 1 amide bonds. The van der Waals surface area contributed by atoms with Crippen LogP contribution in [0.15, 0.2) is 48.8 Å². The number of hydrogen-bond donors (Lipinski definition) is 0. The SMILES string of the molecule is [C-]#[N+]C[C@H]1CN(c2nc(OC[C@H](C)N(C)[C@@H](C)C3CC(F)(F)C3)nc3c2CCN(c2cccc4cccc(C)c24)C3)CCN1C(=O)C(=C)F. The van der Waals surface area contributed by atoms with Gasteiger partial charge < -0.3 is 24.3 Å². The highest BCUT2D eigenvalue weighted by atomic mass is 19.3. The van der Waals surface area contributed by atoms with Crippen molar-refractivity contribution in [3.63, 3.8) is 0 Å². The number of ether oxygens (including phenoxy) is 1. The zero-order valence-electron chi connectivity index (χ0n) is 28.6. The molecule has 3 aliphatic rings. The number of carbonyl (C=O) groups excluding carboxylic acids is 1. The van der Waals surface area contributed by atoms with Crippen LogP contribution in [0.25, 0.3) is 15.6 Å². The molecule has 1 saturated heterocycles. The number of likely N-dealkylation sites (N-methyl/N-ethyl adjacent to an activating group) is 1. The minimum absolute atomic E-state index is 0.0231. The molecule has 0 N–H and O–H groups in total. The minimum atomic E-state index is -2.57. The Morgan fingerprint density at radius 3 is 2.57 bits per heavy atom. The molecule has 0 radical (unpaired) electrons. The molecule has 3 heterocycles. The van der Waals surface area contributed by atoms with Gasteiger partial charge in [0, 0.05) is 67.7 Å². The predicted molar refractivity (Wildman–Crippen MR) is 185 cm³/mol. The van der Waals surface area contributed by atoms with Gasteiger partial charge in [0.25, 0.3) is 5.91 Å². The summed E-state index contributed by atoms with van der Waals surface area (Å²) >= 11 is 0. The first-order valence-electron chi connectivity index (χ1n) is 17.0. The number of rotatable bonds is 10. The molecule has 0 bridgehead atoms. The molecule has 1 aliphatic carbocycles. The fourth-order valence-corrected chi connectivity index (χ4v) is 7.52. The molecule has 0 spiro atoms. The number of aromatic nitrogens is 2. The van der Waals surface area contributed by atoms with Gasteiger partial charge in [0.1, 0.15) is 18.5 Å². The Bertz CT molecular complexity index is 1770. The van der Waals surface area contributed by atoms with Gasteiger partial charge in [-0.15, -0.1) is 0 Å². The zero-order chi connectivity index (χ0) is 35.0. The molecule has 3 aromatic rings. The van der Waals surface area contributed by atoms with E-state index in [1.165, 1.54) is 21.2 Å². The lowest BCUT2D eigenvalue weighted by Gasteiger charge is -2.43. The first kappa shape index (κ1) is 34.5. The number of aryl methyl sites for hydroxylation is 1. The Morgan fingerprint density at radius 1 is 1.14 bits per heavy atom. The lowest BCUT2D eigenvalue weighted by molar-refractivity contribution is -0.131. The number of carbonyl (C=O) groups is 1. The molecule has 9 nitrogen and oxygen atoms in total. The second kappa shape index (κ2) is 13.9. The Labute approximate surface area is 286 Å². The van der Waals surface area contributed by atoms with Crippen LogP contribution in [-0.4, -0.2) is 96.1 Å². The fourth-order valence-electron chi connectivity index (χ4n) is 7.52. The zero-order valence-corrected chi connectivity index (χ0v) is 28.6. The predicted octanol–water partition coefficient (Wildman–Crippen LogP) is 6.05. The van der Waals surface area contributed by atoms with Gasteiger partial charge in [-0.1, -0.05) is 36.9 Å². The third kappa shape index (κ3) is 7.04. The molecule has 1 aromatic heterocycles. The van der Waals surface area contributed by atoms with Crippen molar-refractivity contribution in [3.8, 4) is 6.01 Å². The summed E-state index contributed by atoms with van der Waals surface area (Å²) in [5.74, 6) is -3.78. The van der Waals surface area contributed by atoms with Gasteiger partial charge in [0.05, 0.1) is 12.2 Å². The maximum Gasteiger partial charge on any atom is 0.318 e. The summed E-state index contributed by atoms with van der Waals surface area (Å²) in [6.45, 7) is 19.2. The highest BCUT2D eigenvalue weighted by Crippen LogP contribution is 2.45. The van der Waals surface area contributed by atoms with E-state index in [0.717, 1.165) is 23.5 Å². The Morgan fingerprint density at radius 2 is 1.88 bits per heavy atom. The van der Waals surface area contributed by atoms with E-state index in [-0.39, 0.29) is 56.6 Å². The van der Waals surface area contributed by atoms with Crippen LogP contribution >= 0.6 is 0 Å². The van der Waals surface area contributed by atoms with Crippen LogP contribution in [0.5, 0.6) is 6.01 Å². The summed E-state index contributed by atoms with van der Waals surface area (Å²) in [6, 6.07) is 12.2. The number of piperazine rings is 1. The van der Waals surface area contributed by atoms with Gasteiger partial charge >= 0.3 is 6.01 Å². The van der Waals surface area contributed by atoms with Crippen molar-refractivity contribution in [1.82, 2.24) is 19.8 Å². The van der Waals surface area contributed by atoms with E-state index in [9.17, 15) is 18.0 Å². The van der Waals surface area contributed by atoms with E-state index < -0.39 is 23.7 Å². The Kier molecular flexibility index (Phi) is 9.76. The molecule has 0 unspecified atom stereocenters. The van der Waals surface area contributed by atoms with Crippen molar-refractivity contribution in [2.75, 3.05) is 56.2 Å². The van der Waals surface area contributed by atoms with Crippen molar-refractivity contribution in [1.29, 1.82) is 0 Å². The van der Waals surface area contributed by atoms with Crippen LogP contribution in [-0.2, 0) is 17.8 Å². The van der Waals surface area contributed by atoms with Crippen LogP contribution in [0.3, 0.4) is 0 Å². The van der Waals surface area contributed by atoms with E-state index >= 15 is 0 Å². The topological polar surface area (TPSA) is 69.4 Å². The second-order valence-electron chi connectivity index (χ2n) is 13.8. The average Bonchev–Trinajstić information content (AvgIpc) is 3.07. The largest absolute Gasteiger partial charge is 0.462 e. The molecular weight excluding hydrogens is 631 g/mol. The van der Waals surface area contributed by atoms with Crippen LogP contribution in [0.2, 0.25) is 0 Å². The number of halogens is 3. The second-order valence-corrected chi connectivity index (χ2v) is 13.8. The van der Waals surface area contributed by atoms with Crippen molar-refractivity contribution < 1.29 is 22.7 Å². The number of amides is 1. The van der Waals surface area contributed by atoms with Gasteiger partial charge in [-0.25, -0.2) is 19.7 Å². The van der Waals surface area contributed by atoms with Crippen molar-refractivity contribution in [2.24, 2.45) is 5.92 Å². The number of anilines is 2. The molecule has 260 valence electrons. The monoisotopic (exact) mass is 675 g/mol. The lowest BCUT2D eigenvalue weighted by Crippen LogP contribution is -2.57. The van der Waals surface area contributed by atoms with Gasteiger partial charge in [0.15, 0.2) is 5.83 Å². The van der Waals surface area contributed by atoms with Gasteiger partial charge in [-0.2, -0.15) is 9.97 Å².